The molecular formula is C16H15Br2NO4S. The maximum atomic E-state index is 13.0. The van der Waals surface area contributed by atoms with Gasteiger partial charge in [0.25, 0.3) is 0 Å². The molecule has 0 spiro atoms. The molecule has 0 amide bonds. The third kappa shape index (κ3) is 3.46. The minimum atomic E-state index is -3.63. The van der Waals surface area contributed by atoms with Crippen LogP contribution in [0.25, 0.3) is 0 Å². The van der Waals surface area contributed by atoms with E-state index in [2.05, 4.69) is 31.9 Å². The quantitative estimate of drug-likeness (QED) is 0.650. The van der Waals surface area contributed by atoms with Gasteiger partial charge in [-0.3, -0.25) is 0 Å². The van der Waals surface area contributed by atoms with Gasteiger partial charge in [0.05, 0.1) is 4.90 Å². The lowest BCUT2D eigenvalue weighted by Gasteiger charge is -2.21. The van der Waals surface area contributed by atoms with Crippen molar-refractivity contribution in [3.63, 3.8) is 0 Å². The molecule has 24 heavy (non-hydrogen) atoms. The van der Waals surface area contributed by atoms with Crippen molar-refractivity contribution in [2.45, 2.75) is 18.4 Å². The predicted octanol–water partition coefficient (Wildman–Crippen LogP) is 4.15. The lowest BCUT2D eigenvalue weighted by molar-refractivity contribution is 0.174. The number of fused-ring (bicyclic) bond motifs is 1. The fraction of sp³-hybridized carbons (Fsp3) is 0.250. The van der Waals surface area contributed by atoms with E-state index in [0.29, 0.717) is 27.0 Å². The first-order valence-corrected chi connectivity index (χ1v) is 10.3. The first-order valence-electron chi connectivity index (χ1n) is 7.25. The Bertz CT molecular complexity index is 870. The van der Waals surface area contributed by atoms with E-state index in [1.54, 1.807) is 24.3 Å². The van der Waals surface area contributed by atoms with Crippen LogP contribution in [0.4, 0.5) is 0 Å². The van der Waals surface area contributed by atoms with Crippen LogP contribution >= 0.6 is 31.9 Å². The number of rotatable bonds is 5. The van der Waals surface area contributed by atoms with E-state index >= 15 is 0 Å². The van der Waals surface area contributed by atoms with Gasteiger partial charge in [-0.25, -0.2) is 8.42 Å². The molecule has 0 aromatic heterocycles. The van der Waals surface area contributed by atoms with Gasteiger partial charge in [0.2, 0.25) is 16.8 Å². The smallest absolute Gasteiger partial charge is 0.244 e. The molecular weight excluding hydrogens is 462 g/mol. The number of hydrogen-bond donors (Lipinski definition) is 0. The van der Waals surface area contributed by atoms with Crippen molar-refractivity contribution in [1.82, 2.24) is 4.31 Å². The van der Waals surface area contributed by atoms with E-state index in [4.69, 9.17) is 9.47 Å². The van der Waals surface area contributed by atoms with Gasteiger partial charge < -0.3 is 9.47 Å². The number of sulfonamides is 1. The maximum Gasteiger partial charge on any atom is 0.244 e. The van der Waals surface area contributed by atoms with Crippen LogP contribution in [-0.4, -0.2) is 26.1 Å². The van der Waals surface area contributed by atoms with Crippen molar-refractivity contribution in [3.8, 4) is 11.5 Å². The summed E-state index contributed by atoms with van der Waals surface area (Å²) in [5.41, 5.74) is 0.843. The highest BCUT2D eigenvalue weighted by molar-refractivity contribution is 9.11. The van der Waals surface area contributed by atoms with E-state index < -0.39 is 10.0 Å². The molecule has 128 valence electrons. The summed E-state index contributed by atoms with van der Waals surface area (Å²) < 4.78 is 39.3. The minimum absolute atomic E-state index is 0.194. The average Bonchev–Trinajstić information content (AvgIpc) is 3.02. The monoisotopic (exact) mass is 475 g/mol. The number of ether oxygens (including phenoxy) is 2. The summed E-state index contributed by atoms with van der Waals surface area (Å²) in [6, 6.07) is 10.6. The van der Waals surface area contributed by atoms with Crippen LogP contribution in [-0.2, 0) is 16.6 Å². The Balaban J connectivity index is 1.91. The molecule has 0 fully saturated rings. The molecule has 0 saturated carbocycles. The SMILES string of the molecule is CCN(Cc1ccc2c(c1)OCO2)S(=O)(=O)c1cc(Br)ccc1Br. The molecule has 1 aliphatic rings. The van der Waals surface area contributed by atoms with Crippen LogP contribution < -0.4 is 9.47 Å². The molecule has 1 aliphatic heterocycles. The van der Waals surface area contributed by atoms with Crippen LogP contribution in [0.1, 0.15) is 12.5 Å². The second-order valence-corrected chi connectivity index (χ2v) is 8.87. The molecule has 0 unspecified atom stereocenters. The summed E-state index contributed by atoms with van der Waals surface area (Å²) in [6.07, 6.45) is 0. The molecule has 5 nitrogen and oxygen atoms in total. The second-order valence-electron chi connectivity index (χ2n) is 5.19. The van der Waals surface area contributed by atoms with Crippen molar-refractivity contribution >= 4 is 41.9 Å². The number of nitrogens with zero attached hydrogens (tertiary/aromatic N) is 1. The van der Waals surface area contributed by atoms with Crippen molar-refractivity contribution in [1.29, 1.82) is 0 Å². The van der Waals surface area contributed by atoms with Crippen LogP contribution in [0.3, 0.4) is 0 Å². The zero-order valence-electron chi connectivity index (χ0n) is 12.8. The highest BCUT2D eigenvalue weighted by Gasteiger charge is 2.26. The lowest BCUT2D eigenvalue weighted by atomic mass is 10.2. The van der Waals surface area contributed by atoms with E-state index in [1.165, 1.54) is 4.31 Å². The summed E-state index contributed by atoms with van der Waals surface area (Å²) >= 11 is 6.65. The van der Waals surface area contributed by atoms with Crippen LogP contribution in [0.5, 0.6) is 11.5 Å². The fourth-order valence-corrected chi connectivity index (χ4v) is 5.32. The first-order chi connectivity index (χ1) is 11.4. The van der Waals surface area contributed by atoms with Crippen molar-refractivity contribution in [3.05, 3.63) is 50.9 Å². The molecule has 3 rings (SSSR count). The Morgan fingerprint density at radius 3 is 2.58 bits per heavy atom. The van der Waals surface area contributed by atoms with Crippen molar-refractivity contribution in [2.24, 2.45) is 0 Å². The third-order valence-corrected chi connectivity index (χ3v) is 7.07. The van der Waals surface area contributed by atoms with Gasteiger partial charge in [-0.1, -0.05) is 28.9 Å². The Labute approximate surface area is 157 Å². The molecule has 2 aromatic carbocycles. The molecule has 8 heteroatoms. The van der Waals surface area contributed by atoms with Gasteiger partial charge in [-0.15, -0.1) is 0 Å². The second kappa shape index (κ2) is 7.03. The zero-order valence-corrected chi connectivity index (χ0v) is 16.8. The van der Waals surface area contributed by atoms with Gasteiger partial charge in [0.1, 0.15) is 0 Å². The Kier molecular flexibility index (Phi) is 5.19. The molecule has 0 saturated heterocycles. The largest absolute Gasteiger partial charge is 0.454 e. The normalized spacial score (nSPS) is 13.5. The summed E-state index contributed by atoms with van der Waals surface area (Å²) in [5, 5.41) is 0. The van der Waals surface area contributed by atoms with Crippen LogP contribution in [0.2, 0.25) is 0 Å². The molecule has 2 aromatic rings. The first kappa shape index (κ1) is 17.7. The molecule has 1 heterocycles. The van der Waals surface area contributed by atoms with E-state index in [9.17, 15) is 8.42 Å². The number of hydrogen-bond acceptors (Lipinski definition) is 4. The van der Waals surface area contributed by atoms with Crippen LogP contribution in [0, 0.1) is 0 Å². The highest BCUT2D eigenvalue weighted by atomic mass is 79.9. The summed E-state index contributed by atoms with van der Waals surface area (Å²) in [6.45, 7) is 2.63. The Hall–Kier alpha value is -1.09. The van der Waals surface area contributed by atoms with E-state index in [-0.39, 0.29) is 18.2 Å². The number of benzene rings is 2. The van der Waals surface area contributed by atoms with Gasteiger partial charge in [-0.05, 0) is 51.8 Å². The van der Waals surface area contributed by atoms with Crippen molar-refractivity contribution in [2.75, 3.05) is 13.3 Å². The zero-order chi connectivity index (χ0) is 17.3. The molecule has 0 aliphatic carbocycles. The Morgan fingerprint density at radius 1 is 1.08 bits per heavy atom. The predicted molar refractivity (Wildman–Crippen MR) is 97.7 cm³/mol. The summed E-state index contributed by atoms with van der Waals surface area (Å²) in [4.78, 5) is 0.236. The summed E-state index contributed by atoms with van der Waals surface area (Å²) in [7, 11) is -3.63. The van der Waals surface area contributed by atoms with Crippen LogP contribution in [0.15, 0.2) is 50.2 Å². The molecule has 0 radical (unpaired) electrons. The third-order valence-electron chi connectivity index (χ3n) is 3.66. The topological polar surface area (TPSA) is 55.8 Å². The number of halogens is 2. The molecule has 0 N–H and O–H groups in total. The maximum absolute atomic E-state index is 13.0. The fourth-order valence-electron chi connectivity index (χ4n) is 2.42. The molecule has 0 atom stereocenters. The van der Waals surface area contributed by atoms with Gasteiger partial charge in [0, 0.05) is 22.0 Å². The van der Waals surface area contributed by atoms with Gasteiger partial charge in [-0.2, -0.15) is 4.31 Å². The van der Waals surface area contributed by atoms with Gasteiger partial charge >= 0.3 is 0 Å². The summed E-state index contributed by atoms with van der Waals surface area (Å²) in [5.74, 6) is 1.32. The Morgan fingerprint density at radius 2 is 1.83 bits per heavy atom. The van der Waals surface area contributed by atoms with Crippen molar-refractivity contribution < 1.29 is 17.9 Å². The standard InChI is InChI=1S/C16H15Br2NO4S/c1-2-19(9-11-3-6-14-15(7-11)23-10-22-14)24(20,21)16-8-12(17)4-5-13(16)18/h3-8H,2,9-10H2,1H3. The highest BCUT2D eigenvalue weighted by Crippen LogP contribution is 2.34. The lowest BCUT2D eigenvalue weighted by Crippen LogP contribution is -2.30. The minimum Gasteiger partial charge on any atom is -0.454 e. The van der Waals surface area contributed by atoms with Gasteiger partial charge in [0.15, 0.2) is 11.5 Å². The average molecular weight is 477 g/mol. The van der Waals surface area contributed by atoms with E-state index in [1.807, 2.05) is 19.1 Å². The molecule has 0 bridgehead atoms. The van der Waals surface area contributed by atoms with E-state index in [0.717, 1.165) is 5.56 Å².